The Labute approximate surface area is 122 Å². The third kappa shape index (κ3) is 3.45. The third-order valence-corrected chi connectivity index (χ3v) is 4.72. The Bertz CT molecular complexity index is 433. The first-order valence-corrected chi connectivity index (χ1v) is 7.60. The van der Waals surface area contributed by atoms with Crippen LogP contribution in [0.25, 0.3) is 0 Å². The first kappa shape index (κ1) is 15.2. The van der Waals surface area contributed by atoms with Crippen molar-refractivity contribution >= 4 is 0 Å². The average Bonchev–Trinajstić information content (AvgIpc) is 2.48. The molecule has 3 heteroatoms. The Balaban J connectivity index is 1.96. The van der Waals surface area contributed by atoms with Crippen LogP contribution in [0.5, 0.6) is 11.5 Å². The maximum absolute atomic E-state index is 5.35. The Morgan fingerprint density at radius 3 is 2.55 bits per heavy atom. The molecule has 1 fully saturated rings. The van der Waals surface area contributed by atoms with Crippen LogP contribution in [-0.2, 0) is 6.54 Å². The van der Waals surface area contributed by atoms with E-state index >= 15 is 0 Å². The van der Waals surface area contributed by atoms with Crippen LogP contribution >= 0.6 is 0 Å². The lowest BCUT2D eigenvalue weighted by atomic mass is 9.78. The summed E-state index contributed by atoms with van der Waals surface area (Å²) in [6.45, 7) is 5.63. The van der Waals surface area contributed by atoms with Crippen molar-refractivity contribution in [2.24, 2.45) is 11.8 Å². The van der Waals surface area contributed by atoms with Crippen molar-refractivity contribution in [3.8, 4) is 11.5 Å². The predicted molar refractivity (Wildman–Crippen MR) is 82.4 cm³/mol. The molecule has 1 aromatic carbocycles. The quantitative estimate of drug-likeness (QED) is 0.891. The minimum Gasteiger partial charge on any atom is -0.493 e. The Morgan fingerprint density at radius 2 is 1.85 bits per heavy atom. The molecule has 0 radical (unpaired) electrons. The number of ether oxygens (including phenoxy) is 2. The van der Waals surface area contributed by atoms with E-state index in [0.717, 1.165) is 29.9 Å². The summed E-state index contributed by atoms with van der Waals surface area (Å²) in [6, 6.07) is 6.77. The smallest absolute Gasteiger partial charge is 0.161 e. The number of hydrogen-bond donors (Lipinski definition) is 1. The lowest BCUT2D eigenvalue weighted by Gasteiger charge is -2.34. The third-order valence-electron chi connectivity index (χ3n) is 4.72. The number of methoxy groups -OCH3 is 2. The molecule has 1 N–H and O–H groups in total. The zero-order valence-electron chi connectivity index (χ0n) is 13.1. The van der Waals surface area contributed by atoms with E-state index in [1.54, 1.807) is 14.2 Å². The maximum atomic E-state index is 5.35. The summed E-state index contributed by atoms with van der Waals surface area (Å²) in [5, 5.41) is 3.71. The molecule has 0 bridgehead atoms. The number of benzene rings is 1. The van der Waals surface area contributed by atoms with Crippen molar-refractivity contribution < 1.29 is 9.47 Å². The van der Waals surface area contributed by atoms with E-state index in [0.29, 0.717) is 6.04 Å². The molecule has 0 aromatic heterocycles. The zero-order chi connectivity index (χ0) is 14.5. The molecule has 0 heterocycles. The van der Waals surface area contributed by atoms with E-state index in [9.17, 15) is 0 Å². The van der Waals surface area contributed by atoms with Gasteiger partial charge in [0.25, 0.3) is 0 Å². The lowest BCUT2D eigenvalue weighted by molar-refractivity contribution is 0.206. The zero-order valence-corrected chi connectivity index (χ0v) is 13.1. The van der Waals surface area contributed by atoms with E-state index in [2.05, 4.69) is 31.3 Å². The molecular weight excluding hydrogens is 250 g/mol. The summed E-state index contributed by atoms with van der Waals surface area (Å²) in [4.78, 5) is 0. The fourth-order valence-corrected chi connectivity index (χ4v) is 3.11. The Morgan fingerprint density at radius 1 is 1.10 bits per heavy atom. The van der Waals surface area contributed by atoms with Gasteiger partial charge in [0.05, 0.1) is 14.2 Å². The Hall–Kier alpha value is -1.22. The van der Waals surface area contributed by atoms with Crippen LogP contribution in [0, 0.1) is 11.8 Å². The molecule has 3 atom stereocenters. The van der Waals surface area contributed by atoms with Gasteiger partial charge in [0.1, 0.15) is 0 Å². The summed E-state index contributed by atoms with van der Waals surface area (Å²) in [5.41, 5.74) is 1.24. The van der Waals surface area contributed by atoms with E-state index in [4.69, 9.17) is 9.47 Å². The van der Waals surface area contributed by atoms with Crippen molar-refractivity contribution in [1.82, 2.24) is 5.32 Å². The fourth-order valence-electron chi connectivity index (χ4n) is 3.11. The molecule has 0 unspecified atom stereocenters. The van der Waals surface area contributed by atoms with Gasteiger partial charge in [0, 0.05) is 12.6 Å². The summed E-state index contributed by atoms with van der Waals surface area (Å²) < 4.78 is 10.6. The molecule has 20 heavy (non-hydrogen) atoms. The van der Waals surface area contributed by atoms with Gasteiger partial charge in [-0.2, -0.15) is 0 Å². The van der Waals surface area contributed by atoms with Gasteiger partial charge in [-0.3, -0.25) is 0 Å². The topological polar surface area (TPSA) is 30.5 Å². The normalized spacial score (nSPS) is 26.3. The minimum atomic E-state index is 0.631. The number of rotatable bonds is 5. The van der Waals surface area contributed by atoms with Crippen LogP contribution in [0.4, 0.5) is 0 Å². The second-order valence-corrected chi connectivity index (χ2v) is 5.94. The van der Waals surface area contributed by atoms with Crippen molar-refractivity contribution in [2.75, 3.05) is 14.2 Å². The fraction of sp³-hybridized carbons (Fsp3) is 0.647. The van der Waals surface area contributed by atoms with Crippen molar-refractivity contribution in [3.63, 3.8) is 0 Å². The van der Waals surface area contributed by atoms with Crippen LogP contribution in [-0.4, -0.2) is 20.3 Å². The maximum Gasteiger partial charge on any atom is 0.161 e. The summed E-state index contributed by atoms with van der Waals surface area (Å²) in [6.07, 6.45) is 4.00. The van der Waals surface area contributed by atoms with Crippen molar-refractivity contribution in [3.05, 3.63) is 23.8 Å². The van der Waals surface area contributed by atoms with Crippen LogP contribution < -0.4 is 14.8 Å². The monoisotopic (exact) mass is 277 g/mol. The van der Waals surface area contributed by atoms with Crippen molar-refractivity contribution in [1.29, 1.82) is 0 Å². The molecule has 1 aliphatic carbocycles. The molecule has 0 aliphatic heterocycles. The van der Waals surface area contributed by atoms with Gasteiger partial charge in [-0.1, -0.05) is 32.8 Å². The molecule has 1 saturated carbocycles. The highest BCUT2D eigenvalue weighted by molar-refractivity contribution is 5.42. The van der Waals surface area contributed by atoms with Crippen LogP contribution in [0.1, 0.15) is 38.7 Å². The highest BCUT2D eigenvalue weighted by Gasteiger charge is 2.26. The van der Waals surface area contributed by atoms with Gasteiger partial charge in [0.2, 0.25) is 0 Å². The highest BCUT2D eigenvalue weighted by Crippen LogP contribution is 2.30. The second kappa shape index (κ2) is 6.98. The van der Waals surface area contributed by atoms with Crippen molar-refractivity contribution in [2.45, 2.75) is 45.7 Å². The van der Waals surface area contributed by atoms with Gasteiger partial charge in [-0.05, 0) is 36.0 Å². The molecule has 1 aliphatic rings. The Kier molecular flexibility index (Phi) is 5.30. The van der Waals surface area contributed by atoms with E-state index in [1.807, 2.05) is 6.07 Å². The SMILES string of the molecule is COc1ccc(CN[C@@H]2CCC[C@@H](C)[C@@H]2C)cc1OC. The molecule has 0 saturated heterocycles. The summed E-state index contributed by atoms with van der Waals surface area (Å²) in [7, 11) is 3.35. The molecule has 3 nitrogen and oxygen atoms in total. The summed E-state index contributed by atoms with van der Waals surface area (Å²) >= 11 is 0. The van der Waals surface area contributed by atoms with Gasteiger partial charge in [-0.25, -0.2) is 0 Å². The molecule has 0 spiro atoms. The molecular formula is C17H27NO2. The largest absolute Gasteiger partial charge is 0.493 e. The lowest BCUT2D eigenvalue weighted by Crippen LogP contribution is -2.40. The van der Waals surface area contributed by atoms with Gasteiger partial charge < -0.3 is 14.8 Å². The van der Waals surface area contributed by atoms with Gasteiger partial charge >= 0.3 is 0 Å². The first-order chi connectivity index (χ1) is 9.65. The van der Waals surface area contributed by atoms with Crippen LogP contribution in [0.2, 0.25) is 0 Å². The van der Waals surface area contributed by atoms with Gasteiger partial charge in [-0.15, -0.1) is 0 Å². The minimum absolute atomic E-state index is 0.631. The second-order valence-electron chi connectivity index (χ2n) is 5.94. The standard InChI is InChI=1S/C17H27NO2/c1-12-6-5-7-15(13(12)2)18-11-14-8-9-16(19-3)17(10-14)20-4/h8-10,12-13,15,18H,5-7,11H2,1-4H3/t12-,13+,15-/m1/s1. The van der Waals surface area contributed by atoms with E-state index in [1.165, 1.54) is 24.8 Å². The predicted octanol–water partition coefficient (Wildman–Crippen LogP) is 3.62. The van der Waals surface area contributed by atoms with Crippen LogP contribution in [0.3, 0.4) is 0 Å². The molecule has 112 valence electrons. The highest BCUT2D eigenvalue weighted by atomic mass is 16.5. The number of nitrogens with one attached hydrogen (secondary N) is 1. The summed E-state index contributed by atoms with van der Waals surface area (Å²) in [5.74, 6) is 3.17. The van der Waals surface area contributed by atoms with Gasteiger partial charge in [0.15, 0.2) is 11.5 Å². The average molecular weight is 277 g/mol. The van der Waals surface area contributed by atoms with E-state index in [-0.39, 0.29) is 0 Å². The number of hydrogen-bond acceptors (Lipinski definition) is 3. The van der Waals surface area contributed by atoms with Crippen LogP contribution in [0.15, 0.2) is 18.2 Å². The van der Waals surface area contributed by atoms with E-state index < -0.39 is 0 Å². The molecule has 0 amide bonds. The first-order valence-electron chi connectivity index (χ1n) is 7.60. The molecule has 1 aromatic rings. The molecule has 2 rings (SSSR count).